The van der Waals surface area contributed by atoms with Crippen LogP contribution in [0.3, 0.4) is 0 Å². The van der Waals surface area contributed by atoms with Gasteiger partial charge in [-0.25, -0.2) is 5.11 Å². The van der Waals surface area contributed by atoms with Gasteiger partial charge in [-0.15, -0.1) is 0 Å². The Balaban J connectivity index is 2.73. The van der Waals surface area contributed by atoms with Crippen LogP contribution in [0.5, 0.6) is 0 Å². The first kappa shape index (κ1) is 11.9. The predicted octanol–water partition coefficient (Wildman–Crippen LogP) is 1.64. The first-order valence-electron chi connectivity index (χ1n) is 4.65. The molecule has 0 aliphatic rings. The Hall–Kier alpha value is -0.120. The molecular weight excluding hydrogens is 156 g/mol. The fourth-order valence-electron chi connectivity index (χ4n) is 0.772. The van der Waals surface area contributed by atoms with Crippen LogP contribution < -0.4 is 0 Å². The summed E-state index contributed by atoms with van der Waals surface area (Å²) in [5.41, 5.74) is 0. The van der Waals surface area contributed by atoms with Crippen LogP contribution >= 0.6 is 0 Å². The second-order valence-electron chi connectivity index (χ2n) is 2.64. The quantitative estimate of drug-likeness (QED) is 0.500. The number of hydrogen-bond acceptors (Lipinski definition) is 2. The Bertz CT molecular complexity index is 66.2. The SMILES string of the molecule is CCCOCCOCCCC[O]. The highest BCUT2D eigenvalue weighted by molar-refractivity contribution is 4.36. The van der Waals surface area contributed by atoms with Gasteiger partial charge in [0.1, 0.15) is 0 Å². The topological polar surface area (TPSA) is 38.4 Å². The molecule has 0 aromatic carbocycles. The Morgan fingerprint density at radius 3 is 2.17 bits per heavy atom. The van der Waals surface area contributed by atoms with Crippen LogP contribution in [0.2, 0.25) is 0 Å². The van der Waals surface area contributed by atoms with Crippen LogP contribution in [-0.2, 0) is 14.6 Å². The zero-order valence-electron chi connectivity index (χ0n) is 7.88. The van der Waals surface area contributed by atoms with E-state index in [1.54, 1.807) is 0 Å². The molecule has 0 saturated carbocycles. The Labute approximate surface area is 74.7 Å². The fourth-order valence-corrected chi connectivity index (χ4v) is 0.772. The van der Waals surface area contributed by atoms with Crippen LogP contribution in [0.1, 0.15) is 26.2 Å². The van der Waals surface area contributed by atoms with Crippen molar-refractivity contribution in [3.8, 4) is 0 Å². The lowest BCUT2D eigenvalue weighted by Crippen LogP contribution is -2.05. The summed E-state index contributed by atoms with van der Waals surface area (Å²) in [6, 6.07) is 0. The van der Waals surface area contributed by atoms with Gasteiger partial charge in [0.2, 0.25) is 0 Å². The fraction of sp³-hybridized carbons (Fsp3) is 1.00. The van der Waals surface area contributed by atoms with Gasteiger partial charge < -0.3 is 9.47 Å². The van der Waals surface area contributed by atoms with Crippen LogP contribution in [0.4, 0.5) is 0 Å². The molecule has 1 radical (unpaired) electrons. The van der Waals surface area contributed by atoms with E-state index in [2.05, 4.69) is 6.92 Å². The van der Waals surface area contributed by atoms with Gasteiger partial charge in [0.15, 0.2) is 0 Å². The van der Waals surface area contributed by atoms with Crippen molar-refractivity contribution < 1.29 is 14.6 Å². The Kier molecular flexibility index (Phi) is 10.8. The molecule has 3 nitrogen and oxygen atoms in total. The number of ether oxygens (including phenoxy) is 2. The molecule has 0 amide bonds. The Morgan fingerprint density at radius 1 is 0.917 bits per heavy atom. The molecule has 0 N–H and O–H groups in total. The minimum Gasteiger partial charge on any atom is -0.379 e. The lowest BCUT2D eigenvalue weighted by atomic mass is 10.3. The number of rotatable bonds is 9. The zero-order valence-corrected chi connectivity index (χ0v) is 7.88. The molecule has 0 aliphatic heterocycles. The van der Waals surface area contributed by atoms with Crippen molar-refractivity contribution in [3.05, 3.63) is 0 Å². The van der Waals surface area contributed by atoms with Crippen LogP contribution in [0.15, 0.2) is 0 Å². The van der Waals surface area contributed by atoms with Gasteiger partial charge in [-0.2, -0.15) is 0 Å². The molecule has 0 fully saturated rings. The molecule has 0 aromatic heterocycles. The van der Waals surface area contributed by atoms with E-state index >= 15 is 0 Å². The molecule has 0 unspecified atom stereocenters. The highest BCUT2D eigenvalue weighted by Gasteiger charge is 1.89. The highest BCUT2D eigenvalue weighted by Crippen LogP contribution is 1.89. The van der Waals surface area contributed by atoms with Gasteiger partial charge in [0.05, 0.1) is 19.8 Å². The normalized spacial score (nSPS) is 10.5. The third kappa shape index (κ3) is 9.88. The van der Waals surface area contributed by atoms with Crippen LogP contribution in [-0.4, -0.2) is 33.0 Å². The van der Waals surface area contributed by atoms with Crippen molar-refractivity contribution in [1.82, 2.24) is 0 Å². The predicted molar refractivity (Wildman–Crippen MR) is 46.7 cm³/mol. The summed E-state index contributed by atoms with van der Waals surface area (Å²) in [5, 5.41) is 10.0. The second kappa shape index (κ2) is 10.9. The maximum absolute atomic E-state index is 10.0. The number of unbranched alkanes of at least 4 members (excludes halogenated alkanes) is 1. The zero-order chi connectivity index (χ0) is 9.07. The maximum Gasteiger partial charge on any atom is 0.0823 e. The second-order valence-corrected chi connectivity index (χ2v) is 2.64. The molecule has 3 heteroatoms. The van der Waals surface area contributed by atoms with Crippen molar-refractivity contribution in [2.24, 2.45) is 0 Å². The van der Waals surface area contributed by atoms with Crippen molar-refractivity contribution in [2.45, 2.75) is 26.2 Å². The first-order chi connectivity index (χ1) is 5.91. The molecular formula is C9H19O3. The summed E-state index contributed by atoms with van der Waals surface area (Å²) < 4.78 is 10.4. The van der Waals surface area contributed by atoms with Crippen LogP contribution in [0, 0.1) is 0 Å². The molecule has 0 atom stereocenters. The first-order valence-corrected chi connectivity index (χ1v) is 4.65. The lowest BCUT2D eigenvalue weighted by Gasteiger charge is -2.03. The summed E-state index contributed by atoms with van der Waals surface area (Å²) in [5.74, 6) is 0. The monoisotopic (exact) mass is 175 g/mol. The summed E-state index contributed by atoms with van der Waals surface area (Å²) in [4.78, 5) is 0. The minimum atomic E-state index is 0.00962. The van der Waals surface area contributed by atoms with Gasteiger partial charge >= 0.3 is 0 Å². The molecule has 12 heavy (non-hydrogen) atoms. The van der Waals surface area contributed by atoms with Crippen LogP contribution in [0.25, 0.3) is 0 Å². The van der Waals surface area contributed by atoms with E-state index in [1.165, 1.54) is 0 Å². The summed E-state index contributed by atoms with van der Waals surface area (Å²) in [6.45, 7) is 4.91. The largest absolute Gasteiger partial charge is 0.379 e. The smallest absolute Gasteiger partial charge is 0.0823 e. The number of hydrogen-bond donors (Lipinski definition) is 0. The van der Waals surface area contributed by atoms with Gasteiger partial charge in [-0.05, 0) is 19.3 Å². The van der Waals surface area contributed by atoms with Crippen molar-refractivity contribution in [2.75, 3.05) is 33.0 Å². The molecule has 0 bridgehead atoms. The van der Waals surface area contributed by atoms with E-state index in [-0.39, 0.29) is 6.61 Å². The molecule has 0 spiro atoms. The third-order valence-electron chi connectivity index (χ3n) is 1.40. The van der Waals surface area contributed by atoms with Crippen molar-refractivity contribution >= 4 is 0 Å². The average Bonchev–Trinajstić information content (AvgIpc) is 2.10. The average molecular weight is 175 g/mol. The molecule has 0 aromatic rings. The van der Waals surface area contributed by atoms with E-state index in [1.807, 2.05) is 0 Å². The summed E-state index contributed by atoms with van der Waals surface area (Å²) in [7, 11) is 0. The van der Waals surface area contributed by atoms with E-state index < -0.39 is 0 Å². The molecule has 73 valence electrons. The van der Waals surface area contributed by atoms with E-state index in [0.717, 1.165) is 25.9 Å². The standard InChI is InChI=1S/C9H19O3/c1-2-6-11-8-9-12-7-4-3-5-10/h2-9H2,1H3. The van der Waals surface area contributed by atoms with Crippen molar-refractivity contribution in [1.29, 1.82) is 0 Å². The van der Waals surface area contributed by atoms with E-state index in [0.29, 0.717) is 19.8 Å². The highest BCUT2D eigenvalue weighted by atomic mass is 16.5. The minimum absolute atomic E-state index is 0.00962. The van der Waals surface area contributed by atoms with Gasteiger partial charge in [0.25, 0.3) is 0 Å². The van der Waals surface area contributed by atoms with Gasteiger partial charge in [-0.3, -0.25) is 0 Å². The van der Waals surface area contributed by atoms with Gasteiger partial charge in [-0.1, -0.05) is 6.92 Å². The summed E-state index contributed by atoms with van der Waals surface area (Å²) in [6.07, 6.45) is 2.64. The van der Waals surface area contributed by atoms with Gasteiger partial charge in [0, 0.05) is 13.2 Å². The molecule has 0 aliphatic carbocycles. The maximum atomic E-state index is 10.0. The molecule has 0 heterocycles. The third-order valence-corrected chi connectivity index (χ3v) is 1.40. The lowest BCUT2D eigenvalue weighted by molar-refractivity contribution is 0.0444. The Morgan fingerprint density at radius 2 is 1.58 bits per heavy atom. The van der Waals surface area contributed by atoms with E-state index in [4.69, 9.17) is 9.47 Å². The van der Waals surface area contributed by atoms with E-state index in [9.17, 15) is 5.11 Å². The summed E-state index contributed by atoms with van der Waals surface area (Å²) >= 11 is 0. The molecule has 0 rings (SSSR count). The van der Waals surface area contributed by atoms with Crippen molar-refractivity contribution in [3.63, 3.8) is 0 Å². The molecule has 0 saturated heterocycles.